The summed E-state index contributed by atoms with van der Waals surface area (Å²) >= 11 is 0. The monoisotopic (exact) mass is 260 g/mol. The molecule has 2 heterocycles. The Balaban J connectivity index is 2.18. The van der Waals surface area contributed by atoms with Crippen molar-refractivity contribution in [3.05, 3.63) is 30.1 Å². The van der Waals surface area contributed by atoms with E-state index in [0.717, 1.165) is 30.8 Å². The molecule has 0 radical (unpaired) electrons. The Labute approximate surface area is 113 Å². The lowest BCUT2D eigenvalue weighted by molar-refractivity contribution is 0.328. The molecule has 0 atom stereocenters. The van der Waals surface area contributed by atoms with Crippen molar-refractivity contribution in [1.82, 2.24) is 20.1 Å². The zero-order valence-corrected chi connectivity index (χ0v) is 11.7. The van der Waals surface area contributed by atoms with Crippen LogP contribution in [-0.2, 0) is 6.54 Å². The first kappa shape index (κ1) is 13.5. The molecule has 0 saturated carbocycles. The standard InChI is InChI=1S/C14H20N4O/c1-4-7-18(2)10-12-9-16-17-14(12)11-5-6-13(19-3)15-8-11/h5-6,8-9H,4,7,10H2,1-3H3,(H,16,17). The third kappa shape index (κ3) is 3.32. The second-order valence-electron chi connectivity index (χ2n) is 4.59. The lowest BCUT2D eigenvalue weighted by Gasteiger charge is -2.15. The van der Waals surface area contributed by atoms with Crippen LogP contribution in [0.3, 0.4) is 0 Å². The summed E-state index contributed by atoms with van der Waals surface area (Å²) in [4.78, 5) is 6.50. The number of nitrogens with one attached hydrogen (secondary N) is 1. The van der Waals surface area contributed by atoms with Crippen LogP contribution in [0.4, 0.5) is 0 Å². The van der Waals surface area contributed by atoms with Gasteiger partial charge in [-0.2, -0.15) is 5.10 Å². The lowest BCUT2D eigenvalue weighted by Crippen LogP contribution is -2.18. The van der Waals surface area contributed by atoms with Crippen LogP contribution in [0.2, 0.25) is 0 Å². The quantitative estimate of drug-likeness (QED) is 0.866. The molecular weight excluding hydrogens is 240 g/mol. The summed E-state index contributed by atoms with van der Waals surface area (Å²) in [6.45, 7) is 4.14. The highest BCUT2D eigenvalue weighted by atomic mass is 16.5. The van der Waals surface area contributed by atoms with E-state index in [1.54, 1.807) is 13.3 Å². The molecule has 19 heavy (non-hydrogen) atoms. The predicted molar refractivity (Wildman–Crippen MR) is 75.0 cm³/mol. The van der Waals surface area contributed by atoms with Gasteiger partial charge in [0.15, 0.2) is 0 Å². The van der Waals surface area contributed by atoms with Crippen LogP contribution >= 0.6 is 0 Å². The molecule has 0 amide bonds. The molecule has 2 aromatic rings. The molecule has 0 bridgehead atoms. The molecule has 0 aliphatic carbocycles. The van der Waals surface area contributed by atoms with Gasteiger partial charge in [0.05, 0.1) is 12.8 Å². The Morgan fingerprint density at radius 2 is 2.21 bits per heavy atom. The van der Waals surface area contributed by atoms with Gasteiger partial charge in [-0.25, -0.2) is 4.98 Å². The van der Waals surface area contributed by atoms with Crippen LogP contribution < -0.4 is 4.74 Å². The minimum Gasteiger partial charge on any atom is -0.481 e. The summed E-state index contributed by atoms with van der Waals surface area (Å²) in [6.07, 6.45) is 4.89. The number of aromatic amines is 1. The third-order valence-corrected chi connectivity index (χ3v) is 2.98. The second-order valence-corrected chi connectivity index (χ2v) is 4.59. The molecule has 0 spiro atoms. The molecule has 5 nitrogen and oxygen atoms in total. The van der Waals surface area contributed by atoms with Crippen molar-refractivity contribution in [2.75, 3.05) is 20.7 Å². The summed E-state index contributed by atoms with van der Waals surface area (Å²) in [5.74, 6) is 0.615. The largest absolute Gasteiger partial charge is 0.481 e. The normalized spacial score (nSPS) is 10.9. The Bertz CT molecular complexity index is 506. The first-order valence-electron chi connectivity index (χ1n) is 6.46. The molecule has 0 fully saturated rings. The first-order chi connectivity index (χ1) is 9.24. The second kappa shape index (κ2) is 6.33. The average Bonchev–Trinajstić information content (AvgIpc) is 2.87. The SMILES string of the molecule is CCCN(C)Cc1c[nH]nc1-c1ccc(OC)nc1. The number of rotatable bonds is 6. The molecule has 102 valence electrons. The Kier molecular flexibility index (Phi) is 4.52. The van der Waals surface area contributed by atoms with E-state index in [2.05, 4.69) is 34.1 Å². The Morgan fingerprint density at radius 3 is 2.84 bits per heavy atom. The van der Waals surface area contributed by atoms with Gasteiger partial charge in [-0.05, 0) is 26.1 Å². The zero-order valence-electron chi connectivity index (χ0n) is 11.7. The topological polar surface area (TPSA) is 54.0 Å². The molecule has 0 unspecified atom stereocenters. The van der Waals surface area contributed by atoms with Crippen LogP contribution in [0.25, 0.3) is 11.3 Å². The van der Waals surface area contributed by atoms with E-state index < -0.39 is 0 Å². The lowest BCUT2D eigenvalue weighted by atomic mass is 10.1. The van der Waals surface area contributed by atoms with Crippen molar-refractivity contribution in [2.45, 2.75) is 19.9 Å². The maximum Gasteiger partial charge on any atom is 0.212 e. The van der Waals surface area contributed by atoms with Gasteiger partial charge < -0.3 is 9.64 Å². The summed E-state index contributed by atoms with van der Waals surface area (Å²) in [7, 11) is 3.73. The fraction of sp³-hybridized carbons (Fsp3) is 0.429. The number of aromatic nitrogens is 3. The Hall–Kier alpha value is -1.88. The fourth-order valence-electron chi connectivity index (χ4n) is 2.08. The number of H-pyrrole nitrogens is 1. The molecule has 0 aliphatic heterocycles. The minimum absolute atomic E-state index is 0.615. The highest BCUT2D eigenvalue weighted by Crippen LogP contribution is 2.22. The average molecular weight is 260 g/mol. The number of hydrogen-bond donors (Lipinski definition) is 1. The van der Waals surface area contributed by atoms with Crippen molar-refractivity contribution in [3.8, 4) is 17.1 Å². The van der Waals surface area contributed by atoms with Crippen LogP contribution in [0.1, 0.15) is 18.9 Å². The van der Waals surface area contributed by atoms with Crippen LogP contribution in [0, 0.1) is 0 Å². The van der Waals surface area contributed by atoms with Crippen molar-refractivity contribution in [3.63, 3.8) is 0 Å². The van der Waals surface area contributed by atoms with Gasteiger partial charge in [0.25, 0.3) is 0 Å². The van der Waals surface area contributed by atoms with Gasteiger partial charge in [0.1, 0.15) is 0 Å². The highest BCUT2D eigenvalue weighted by Gasteiger charge is 2.10. The molecule has 5 heteroatoms. The van der Waals surface area contributed by atoms with E-state index in [1.807, 2.05) is 18.3 Å². The molecule has 2 rings (SSSR count). The van der Waals surface area contributed by atoms with Gasteiger partial charge in [-0.1, -0.05) is 6.92 Å². The fourth-order valence-corrected chi connectivity index (χ4v) is 2.08. The molecular formula is C14H20N4O. The smallest absolute Gasteiger partial charge is 0.212 e. The van der Waals surface area contributed by atoms with E-state index >= 15 is 0 Å². The highest BCUT2D eigenvalue weighted by molar-refractivity contribution is 5.61. The number of pyridine rings is 1. The predicted octanol–water partition coefficient (Wildman–Crippen LogP) is 2.32. The number of ether oxygens (including phenoxy) is 1. The van der Waals surface area contributed by atoms with Crippen LogP contribution in [0.15, 0.2) is 24.5 Å². The summed E-state index contributed by atoms with van der Waals surface area (Å²) in [6, 6.07) is 3.83. The number of nitrogens with zero attached hydrogens (tertiary/aromatic N) is 3. The summed E-state index contributed by atoms with van der Waals surface area (Å²) in [5.41, 5.74) is 3.14. The summed E-state index contributed by atoms with van der Waals surface area (Å²) < 4.78 is 5.07. The minimum atomic E-state index is 0.615. The maximum absolute atomic E-state index is 5.07. The van der Waals surface area contributed by atoms with E-state index in [4.69, 9.17) is 4.74 Å². The van der Waals surface area contributed by atoms with Gasteiger partial charge in [0, 0.05) is 36.1 Å². The van der Waals surface area contributed by atoms with E-state index in [0.29, 0.717) is 5.88 Å². The number of hydrogen-bond acceptors (Lipinski definition) is 4. The van der Waals surface area contributed by atoms with Gasteiger partial charge >= 0.3 is 0 Å². The van der Waals surface area contributed by atoms with Crippen molar-refractivity contribution < 1.29 is 4.74 Å². The summed E-state index contributed by atoms with van der Waals surface area (Å²) in [5, 5.41) is 7.26. The molecule has 1 N–H and O–H groups in total. The van der Waals surface area contributed by atoms with Gasteiger partial charge in [0.2, 0.25) is 5.88 Å². The van der Waals surface area contributed by atoms with E-state index in [9.17, 15) is 0 Å². The first-order valence-corrected chi connectivity index (χ1v) is 6.46. The van der Waals surface area contributed by atoms with Gasteiger partial charge in [-0.3, -0.25) is 5.10 Å². The van der Waals surface area contributed by atoms with Crippen molar-refractivity contribution in [1.29, 1.82) is 0 Å². The van der Waals surface area contributed by atoms with E-state index in [-0.39, 0.29) is 0 Å². The molecule has 0 saturated heterocycles. The van der Waals surface area contributed by atoms with Crippen molar-refractivity contribution in [2.24, 2.45) is 0 Å². The van der Waals surface area contributed by atoms with Gasteiger partial charge in [-0.15, -0.1) is 0 Å². The number of methoxy groups -OCH3 is 1. The molecule has 0 aliphatic rings. The van der Waals surface area contributed by atoms with E-state index in [1.165, 1.54) is 5.56 Å². The maximum atomic E-state index is 5.07. The third-order valence-electron chi connectivity index (χ3n) is 2.98. The Morgan fingerprint density at radius 1 is 1.37 bits per heavy atom. The molecule has 0 aromatic carbocycles. The molecule has 2 aromatic heterocycles. The zero-order chi connectivity index (χ0) is 13.7. The van der Waals surface area contributed by atoms with Crippen molar-refractivity contribution >= 4 is 0 Å². The van der Waals surface area contributed by atoms with Crippen LogP contribution in [-0.4, -0.2) is 40.8 Å². The van der Waals surface area contributed by atoms with Crippen LogP contribution in [0.5, 0.6) is 5.88 Å².